The van der Waals surface area contributed by atoms with Gasteiger partial charge in [0.15, 0.2) is 22.8 Å². The highest BCUT2D eigenvalue weighted by atomic mass is 15.4. The van der Waals surface area contributed by atoms with Gasteiger partial charge >= 0.3 is 0 Å². The van der Waals surface area contributed by atoms with Gasteiger partial charge in [-0.25, -0.2) is 19.9 Å². The van der Waals surface area contributed by atoms with E-state index in [9.17, 15) is 0 Å². The van der Waals surface area contributed by atoms with Crippen LogP contribution in [0.2, 0.25) is 0 Å². The van der Waals surface area contributed by atoms with Crippen molar-refractivity contribution in [3.63, 3.8) is 0 Å². The number of fused-ring (bicyclic) bond motifs is 2. The van der Waals surface area contributed by atoms with Gasteiger partial charge in [0.2, 0.25) is 5.65 Å². The van der Waals surface area contributed by atoms with Gasteiger partial charge in [0.25, 0.3) is 0 Å². The van der Waals surface area contributed by atoms with Crippen molar-refractivity contribution in [2.75, 3.05) is 29.9 Å². The van der Waals surface area contributed by atoms with Gasteiger partial charge in [-0.05, 0) is 6.92 Å². The summed E-state index contributed by atoms with van der Waals surface area (Å²) in [6, 6.07) is 0.320. The van der Waals surface area contributed by atoms with Gasteiger partial charge in [-0.1, -0.05) is 6.92 Å². The van der Waals surface area contributed by atoms with Crippen LogP contribution in [-0.2, 0) is 13.0 Å². The van der Waals surface area contributed by atoms with Gasteiger partial charge in [-0.3, -0.25) is 4.40 Å². The molecule has 144 valence electrons. The average molecular weight is 378 g/mol. The molecule has 0 aromatic carbocycles. The van der Waals surface area contributed by atoms with Crippen LogP contribution in [0.25, 0.3) is 16.8 Å². The monoisotopic (exact) mass is 378 g/mol. The van der Waals surface area contributed by atoms with Crippen molar-refractivity contribution in [3.05, 3.63) is 30.9 Å². The molecular formula is C18H22N10. The Bertz CT molecular complexity index is 1140. The van der Waals surface area contributed by atoms with E-state index in [0.29, 0.717) is 6.04 Å². The highest BCUT2D eigenvalue weighted by molar-refractivity contribution is 5.83. The summed E-state index contributed by atoms with van der Waals surface area (Å²) in [6.45, 7) is 6.68. The number of aryl methyl sites for hydroxylation is 2. The number of hydrogen-bond acceptors (Lipinski definition) is 8. The van der Waals surface area contributed by atoms with Crippen molar-refractivity contribution in [3.8, 4) is 0 Å². The Morgan fingerprint density at radius 1 is 1.07 bits per heavy atom. The van der Waals surface area contributed by atoms with E-state index < -0.39 is 0 Å². The number of nitrogens with zero attached hydrogens (tertiary/aromatic N) is 10. The first-order valence-corrected chi connectivity index (χ1v) is 9.53. The second-order valence-corrected chi connectivity index (χ2v) is 6.98. The SMILES string of the molecule is CCc1nnc2c(N3CC(N(C)c4ncnc5c4ncn5CC)C3)nccn12. The Morgan fingerprint density at radius 3 is 2.71 bits per heavy atom. The molecule has 5 heterocycles. The molecule has 10 nitrogen and oxygen atoms in total. The average Bonchev–Trinajstić information content (AvgIpc) is 3.30. The van der Waals surface area contributed by atoms with Crippen molar-refractivity contribution in [1.82, 2.24) is 39.1 Å². The lowest BCUT2D eigenvalue weighted by Crippen LogP contribution is -2.59. The third-order valence-corrected chi connectivity index (χ3v) is 5.46. The molecule has 0 aliphatic carbocycles. The summed E-state index contributed by atoms with van der Waals surface area (Å²) in [4.78, 5) is 22.4. The van der Waals surface area contributed by atoms with Gasteiger partial charge in [-0.15, -0.1) is 10.2 Å². The predicted molar refractivity (Wildman–Crippen MR) is 106 cm³/mol. The Hall–Kier alpha value is -3.30. The number of anilines is 2. The minimum Gasteiger partial charge on any atom is -0.351 e. The minimum atomic E-state index is 0.320. The van der Waals surface area contributed by atoms with E-state index in [1.54, 1.807) is 6.33 Å². The predicted octanol–water partition coefficient (Wildman–Crippen LogP) is 1.17. The van der Waals surface area contributed by atoms with Crippen molar-refractivity contribution < 1.29 is 0 Å². The quantitative estimate of drug-likeness (QED) is 0.511. The summed E-state index contributed by atoms with van der Waals surface area (Å²) in [5, 5.41) is 8.61. The summed E-state index contributed by atoms with van der Waals surface area (Å²) in [5.74, 6) is 2.69. The third kappa shape index (κ3) is 2.40. The minimum absolute atomic E-state index is 0.320. The Labute approximate surface area is 161 Å². The zero-order chi connectivity index (χ0) is 19.3. The molecule has 5 rings (SSSR count). The van der Waals surface area contributed by atoms with Crippen LogP contribution >= 0.6 is 0 Å². The Balaban J connectivity index is 1.39. The van der Waals surface area contributed by atoms with E-state index in [-0.39, 0.29) is 0 Å². The van der Waals surface area contributed by atoms with Crippen LogP contribution in [0.5, 0.6) is 0 Å². The van der Waals surface area contributed by atoms with E-state index in [0.717, 1.165) is 60.3 Å². The fraction of sp³-hybridized carbons (Fsp3) is 0.444. The molecule has 1 aliphatic rings. The highest BCUT2D eigenvalue weighted by Crippen LogP contribution is 2.29. The first kappa shape index (κ1) is 16.8. The van der Waals surface area contributed by atoms with Gasteiger partial charge in [0.05, 0.1) is 12.4 Å². The van der Waals surface area contributed by atoms with E-state index in [1.807, 2.05) is 27.7 Å². The molecule has 10 heteroatoms. The van der Waals surface area contributed by atoms with Crippen molar-refractivity contribution >= 4 is 28.4 Å². The van der Waals surface area contributed by atoms with Crippen LogP contribution < -0.4 is 9.80 Å². The first-order valence-electron chi connectivity index (χ1n) is 9.53. The van der Waals surface area contributed by atoms with Crippen molar-refractivity contribution in [1.29, 1.82) is 0 Å². The summed E-state index contributed by atoms with van der Waals surface area (Å²) in [7, 11) is 2.06. The fourth-order valence-corrected chi connectivity index (χ4v) is 3.73. The zero-order valence-electron chi connectivity index (χ0n) is 16.2. The molecule has 4 aromatic heterocycles. The molecule has 0 amide bonds. The number of hydrogen-bond donors (Lipinski definition) is 0. The van der Waals surface area contributed by atoms with Crippen LogP contribution in [-0.4, -0.2) is 65.3 Å². The maximum absolute atomic E-state index is 4.55. The van der Waals surface area contributed by atoms with Crippen LogP contribution in [0.4, 0.5) is 11.6 Å². The molecule has 1 aliphatic heterocycles. The summed E-state index contributed by atoms with van der Waals surface area (Å²) in [6.07, 6.45) is 8.01. The summed E-state index contributed by atoms with van der Waals surface area (Å²) in [5.41, 5.74) is 2.53. The van der Waals surface area contributed by atoms with Crippen LogP contribution in [0.1, 0.15) is 19.7 Å². The molecule has 4 aromatic rings. The molecule has 28 heavy (non-hydrogen) atoms. The van der Waals surface area contributed by atoms with Gasteiger partial charge in [0.1, 0.15) is 12.2 Å². The van der Waals surface area contributed by atoms with Crippen molar-refractivity contribution in [2.24, 2.45) is 0 Å². The largest absolute Gasteiger partial charge is 0.351 e. The normalized spacial score (nSPS) is 14.8. The maximum atomic E-state index is 4.55. The first-order chi connectivity index (χ1) is 13.7. The molecule has 1 saturated heterocycles. The lowest BCUT2D eigenvalue weighted by molar-refractivity contribution is 0.490. The molecule has 0 atom stereocenters. The van der Waals surface area contributed by atoms with Gasteiger partial charge < -0.3 is 14.4 Å². The summed E-state index contributed by atoms with van der Waals surface area (Å²) >= 11 is 0. The van der Waals surface area contributed by atoms with Gasteiger partial charge in [-0.2, -0.15) is 0 Å². The fourth-order valence-electron chi connectivity index (χ4n) is 3.73. The standard InChI is InChI=1S/C18H22N10/c1-4-13-23-24-18-17(19-6-7-28(13)18)27-8-12(9-27)25(3)15-14-16(21-10-20-15)26(5-2)11-22-14/h6-7,10-12H,4-5,8-9H2,1-3H3. The zero-order valence-corrected chi connectivity index (χ0v) is 16.2. The van der Waals surface area contributed by atoms with Gasteiger partial charge in [0, 0.05) is 45.5 Å². The third-order valence-electron chi connectivity index (χ3n) is 5.46. The van der Waals surface area contributed by atoms with E-state index in [4.69, 9.17) is 0 Å². The molecule has 0 spiro atoms. The van der Waals surface area contributed by atoms with Crippen LogP contribution in [0, 0.1) is 0 Å². The lowest BCUT2D eigenvalue weighted by atomic mass is 10.1. The maximum Gasteiger partial charge on any atom is 0.203 e. The molecule has 0 N–H and O–H groups in total. The van der Waals surface area contributed by atoms with Crippen LogP contribution in [0.3, 0.4) is 0 Å². The second-order valence-electron chi connectivity index (χ2n) is 6.98. The number of likely N-dealkylation sites (N-methyl/N-ethyl adjacent to an activating group) is 1. The second kappa shape index (κ2) is 6.39. The topological polar surface area (TPSA) is 93.2 Å². The van der Waals surface area contributed by atoms with E-state index in [1.165, 1.54) is 0 Å². The van der Waals surface area contributed by atoms with E-state index >= 15 is 0 Å². The van der Waals surface area contributed by atoms with Crippen LogP contribution in [0.15, 0.2) is 25.0 Å². The highest BCUT2D eigenvalue weighted by Gasteiger charge is 2.34. The number of aromatic nitrogens is 8. The number of rotatable bonds is 5. The smallest absolute Gasteiger partial charge is 0.203 e. The van der Waals surface area contributed by atoms with E-state index in [2.05, 4.69) is 60.8 Å². The lowest BCUT2D eigenvalue weighted by Gasteiger charge is -2.44. The molecular weight excluding hydrogens is 356 g/mol. The molecule has 0 bridgehead atoms. The Kier molecular flexibility index (Phi) is 3.85. The van der Waals surface area contributed by atoms with Crippen molar-refractivity contribution in [2.45, 2.75) is 32.9 Å². The Morgan fingerprint density at radius 2 is 1.93 bits per heavy atom. The molecule has 0 unspecified atom stereocenters. The molecule has 1 fully saturated rings. The molecule has 0 saturated carbocycles. The number of imidazole rings is 1. The summed E-state index contributed by atoms with van der Waals surface area (Å²) < 4.78 is 4.05. The molecule has 0 radical (unpaired) electrons.